The van der Waals surface area contributed by atoms with Crippen LogP contribution in [0.25, 0.3) is 6.08 Å². The molecule has 3 rings (SSSR count). The summed E-state index contributed by atoms with van der Waals surface area (Å²) in [6.07, 6.45) is 1.51. The highest BCUT2D eigenvalue weighted by atomic mass is 35.5. The first kappa shape index (κ1) is 22.7. The summed E-state index contributed by atoms with van der Waals surface area (Å²) in [5.41, 5.74) is 2.08. The monoisotopic (exact) mass is 448 g/mol. The van der Waals surface area contributed by atoms with Crippen LogP contribution >= 0.6 is 11.6 Å². The molecule has 1 amide bonds. The van der Waals surface area contributed by atoms with E-state index in [-0.39, 0.29) is 5.57 Å². The maximum atomic E-state index is 12.4. The van der Waals surface area contributed by atoms with Crippen molar-refractivity contribution in [3.8, 4) is 23.3 Å². The molecule has 3 aromatic carbocycles. The Morgan fingerprint density at radius 2 is 1.69 bits per heavy atom. The molecule has 0 aliphatic carbocycles. The van der Waals surface area contributed by atoms with Crippen molar-refractivity contribution < 1.29 is 19.0 Å². The minimum absolute atomic E-state index is 0.0188. The predicted octanol–water partition coefficient (Wildman–Crippen LogP) is 5.48. The highest BCUT2D eigenvalue weighted by Gasteiger charge is 2.10. The van der Waals surface area contributed by atoms with Gasteiger partial charge in [-0.2, -0.15) is 5.26 Å². The van der Waals surface area contributed by atoms with Gasteiger partial charge in [0.15, 0.2) is 0 Å². The molecule has 162 valence electrons. The fraction of sp³-hybridized carbons (Fsp3) is 0.120. The van der Waals surface area contributed by atoms with Crippen LogP contribution in [0.15, 0.2) is 72.3 Å². The van der Waals surface area contributed by atoms with E-state index in [4.69, 9.17) is 25.8 Å². The number of halogens is 1. The van der Waals surface area contributed by atoms with Crippen LogP contribution in [-0.2, 0) is 11.4 Å². The van der Waals surface area contributed by atoms with Gasteiger partial charge in [-0.05, 0) is 66.2 Å². The first-order valence-corrected chi connectivity index (χ1v) is 10.0. The highest BCUT2D eigenvalue weighted by molar-refractivity contribution is 6.30. The molecule has 6 nitrogen and oxygen atoms in total. The number of methoxy groups -OCH3 is 2. The van der Waals surface area contributed by atoms with E-state index in [1.807, 2.05) is 24.3 Å². The van der Waals surface area contributed by atoms with Crippen molar-refractivity contribution >= 4 is 29.3 Å². The van der Waals surface area contributed by atoms with Crippen molar-refractivity contribution in [2.24, 2.45) is 0 Å². The number of rotatable bonds is 8. The quantitative estimate of drug-likeness (QED) is 0.364. The molecule has 7 heteroatoms. The third-order valence-electron chi connectivity index (χ3n) is 4.54. The van der Waals surface area contributed by atoms with Gasteiger partial charge in [0.1, 0.15) is 35.5 Å². The molecule has 3 aromatic rings. The Morgan fingerprint density at radius 3 is 2.31 bits per heavy atom. The maximum Gasteiger partial charge on any atom is 0.266 e. The fourth-order valence-electron chi connectivity index (χ4n) is 2.86. The second kappa shape index (κ2) is 10.9. The molecular weight excluding hydrogens is 428 g/mol. The van der Waals surface area contributed by atoms with Crippen molar-refractivity contribution in [1.82, 2.24) is 0 Å². The lowest BCUT2D eigenvalue weighted by Gasteiger charge is -2.12. The Bertz CT molecular complexity index is 1150. The average molecular weight is 449 g/mol. The van der Waals surface area contributed by atoms with Gasteiger partial charge in [0, 0.05) is 16.3 Å². The molecule has 0 unspecified atom stereocenters. The minimum atomic E-state index is -0.500. The standard InChI is InChI=1S/C25H21ClN2O4/c1-30-23-11-12-24(31-2)19(14-23)16-32-22-9-3-17(4-10-22)13-18(15-27)25(29)28-21-7-5-20(26)6-8-21/h3-14H,16H2,1-2H3,(H,28,29)/b18-13+. The topological polar surface area (TPSA) is 80.6 Å². The van der Waals surface area contributed by atoms with Gasteiger partial charge in [0.05, 0.1) is 14.2 Å². The molecule has 0 spiro atoms. The Kier molecular flexibility index (Phi) is 7.74. The number of benzene rings is 3. The van der Waals surface area contributed by atoms with Crippen LogP contribution in [0.1, 0.15) is 11.1 Å². The van der Waals surface area contributed by atoms with Crippen LogP contribution in [0.3, 0.4) is 0 Å². The molecule has 0 aliphatic heterocycles. The number of nitrogens with zero attached hydrogens (tertiary/aromatic N) is 1. The van der Waals surface area contributed by atoms with E-state index in [1.165, 1.54) is 6.08 Å². The SMILES string of the molecule is COc1ccc(OC)c(COc2ccc(/C=C(\C#N)C(=O)Nc3ccc(Cl)cc3)cc2)c1. The second-order valence-electron chi connectivity index (χ2n) is 6.67. The van der Waals surface area contributed by atoms with Gasteiger partial charge in [-0.1, -0.05) is 23.7 Å². The van der Waals surface area contributed by atoms with Crippen molar-refractivity contribution in [1.29, 1.82) is 5.26 Å². The molecule has 32 heavy (non-hydrogen) atoms. The number of anilines is 1. The van der Waals surface area contributed by atoms with Crippen LogP contribution in [0.4, 0.5) is 5.69 Å². The first-order valence-electron chi connectivity index (χ1n) is 9.65. The van der Waals surface area contributed by atoms with E-state index in [0.717, 1.165) is 5.56 Å². The maximum absolute atomic E-state index is 12.4. The van der Waals surface area contributed by atoms with Crippen LogP contribution in [0.2, 0.25) is 5.02 Å². The van der Waals surface area contributed by atoms with Crippen molar-refractivity contribution in [3.63, 3.8) is 0 Å². The lowest BCUT2D eigenvalue weighted by molar-refractivity contribution is -0.112. The van der Waals surface area contributed by atoms with Gasteiger partial charge < -0.3 is 19.5 Å². The number of hydrogen-bond donors (Lipinski definition) is 1. The van der Waals surface area contributed by atoms with Gasteiger partial charge in [0.2, 0.25) is 0 Å². The molecule has 1 N–H and O–H groups in total. The van der Waals surface area contributed by atoms with Gasteiger partial charge in [0.25, 0.3) is 5.91 Å². The van der Waals surface area contributed by atoms with E-state index in [2.05, 4.69) is 5.32 Å². The Labute approximate surface area is 191 Å². The third kappa shape index (κ3) is 6.03. The average Bonchev–Trinajstić information content (AvgIpc) is 2.83. The number of amides is 1. The summed E-state index contributed by atoms with van der Waals surface area (Å²) < 4.78 is 16.5. The Balaban J connectivity index is 1.66. The Morgan fingerprint density at radius 1 is 1.00 bits per heavy atom. The number of carbonyl (C=O) groups is 1. The highest BCUT2D eigenvalue weighted by Crippen LogP contribution is 2.26. The summed E-state index contributed by atoms with van der Waals surface area (Å²) in [6, 6.07) is 21.2. The summed E-state index contributed by atoms with van der Waals surface area (Å²) in [5, 5.41) is 12.6. The molecule has 0 saturated heterocycles. The smallest absolute Gasteiger partial charge is 0.266 e. The van der Waals surface area contributed by atoms with Crippen LogP contribution in [0, 0.1) is 11.3 Å². The van der Waals surface area contributed by atoms with Gasteiger partial charge >= 0.3 is 0 Å². The van der Waals surface area contributed by atoms with E-state index < -0.39 is 5.91 Å². The van der Waals surface area contributed by atoms with Crippen LogP contribution in [0.5, 0.6) is 17.2 Å². The predicted molar refractivity (Wildman–Crippen MR) is 124 cm³/mol. The number of hydrogen-bond acceptors (Lipinski definition) is 5. The molecule has 0 bridgehead atoms. The van der Waals surface area contributed by atoms with Crippen LogP contribution < -0.4 is 19.5 Å². The summed E-state index contributed by atoms with van der Waals surface area (Å²) in [7, 11) is 3.20. The number of nitriles is 1. The minimum Gasteiger partial charge on any atom is -0.497 e. The van der Waals surface area contributed by atoms with Gasteiger partial charge in [-0.25, -0.2) is 0 Å². The molecule has 0 radical (unpaired) electrons. The first-order chi connectivity index (χ1) is 15.5. The summed E-state index contributed by atoms with van der Waals surface area (Å²) >= 11 is 5.85. The summed E-state index contributed by atoms with van der Waals surface area (Å²) in [6.45, 7) is 0.294. The largest absolute Gasteiger partial charge is 0.497 e. The van der Waals surface area contributed by atoms with Gasteiger partial charge in [-0.3, -0.25) is 4.79 Å². The summed E-state index contributed by atoms with van der Waals surface area (Å²) in [5.74, 6) is 1.55. The van der Waals surface area contributed by atoms with E-state index in [9.17, 15) is 10.1 Å². The lowest BCUT2D eigenvalue weighted by atomic mass is 10.1. The van der Waals surface area contributed by atoms with Crippen molar-refractivity contribution in [2.45, 2.75) is 6.61 Å². The van der Waals surface area contributed by atoms with E-state index >= 15 is 0 Å². The molecule has 0 aliphatic rings. The molecule has 0 saturated carbocycles. The molecule has 0 atom stereocenters. The molecule has 0 fully saturated rings. The second-order valence-corrected chi connectivity index (χ2v) is 7.10. The van der Waals surface area contributed by atoms with Crippen molar-refractivity contribution in [3.05, 3.63) is 88.5 Å². The van der Waals surface area contributed by atoms with E-state index in [1.54, 1.807) is 62.8 Å². The zero-order valence-electron chi connectivity index (χ0n) is 17.6. The summed E-state index contributed by atoms with van der Waals surface area (Å²) in [4.78, 5) is 12.4. The third-order valence-corrected chi connectivity index (χ3v) is 4.79. The number of ether oxygens (including phenoxy) is 3. The molecular formula is C25H21ClN2O4. The van der Waals surface area contributed by atoms with E-state index in [0.29, 0.717) is 40.1 Å². The normalized spacial score (nSPS) is 10.8. The zero-order valence-corrected chi connectivity index (χ0v) is 18.3. The fourth-order valence-corrected chi connectivity index (χ4v) is 2.99. The zero-order chi connectivity index (χ0) is 22.9. The Hall–Kier alpha value is -3.95. The molecule has 0 heterocycles. The number of carbonyl (C=O) groups excluding carboxylic acids is 1. The van der Waals surface area contributed by atoms with Gasteiger partial charge in [-0.15, -0.1) is 0 Å². The number of nitrogens with one attached hydrogen (secondary N) is 1. The molecule has 0 aromatic heterocycles. The van der Waals surface area contributed by atoms with Crippen LogP contribution in [-0.4, -0.2) is 20.1 Å². The lowest BCUT2D eigenvalue weighted by Crippen LogP contribution is -2.13. The van der Waals surface area contributed by atoms with Crippen molar-refractivity contribution in [2.75, 3.05) is 19.5 Å².